The Balaban J connectivity index is 2.29. The molecule has 22 heavy (non-hydrogen) atoms. The predicted molar refractivity (Wildman–Crippen MR) is 97.3 cm³/mol. The summed E-state index contributed by atoms with van der Waals surface area (Å²) in [7, 11) is 0. The summed E-state index contributed by atoms with van der Waals surface area (Å²) < 4.78 is 0. The third-order valence-corrected chi connectivity index (χ3v) is 3.87. The van der Waals surface area contributed by atoms with Gasteiger partial charge in [0.15, 0.2) is 0 Å². The molecule has 0 aliphatic rings. The van der Waals surface area contributed by atoms with Crippen LogP contribution in [0.1, 0.15) is 45.1 Å². The molecular weight excluding hydrogens is 270 g/mol. The third-order valence-electron chi connectivity index (χ3n) is 3.87. The van der Waals surface area contributed by atoms with Crippen molar-refractivity contribution in [3.05, 3.63) is 35.9 Å². The maximum absolute atomic E-state index is 3.55. The van der Waals surface area contributed by atoms with Crippen molar-refractivity contribution in [2.45, 2.75) is 46.1 Å². The van der Waals surface area contributed by atoms with E-state index in [1.807, 2.05) is 0 Å². The van der Waals surface area contributed by atoms with Crippen molar-refractivity contribution in [2.75, 3.05) is 39.3 Å². The summed E-state index contributed by atoms with van der Waals surface area (Å²) in [6.07, 6.45) is 5.08. The number of nitrogens with one attached hydrogen (secondary N) is 2. The van der Waals surface area contributed by atoms with Gasteiger partial charge in [0.25, 0.3) is 0 Å². The van der Waals surface area contributed by atoms with Gasteiger partial charge >= 0.3 is 0 Å². The summed E-state index contributed by atoms with van der Waals surface area (Å²) in [4.78, 5) is 2.55. The van der Waals surface area contributed by atoms with Crippen LogP contribution in [0.3, 0.4) is 0 Å². The first-order valence-corrected chi connectivity index (χ1v) is 9.04. The average molecular weight is 306 g/mol. The lowest BCUT2D eigenvalue weighted by molar-refractivity contribution is 0.264. The van der Waals surface area contributed by atoms with E-state index in [-0.39, 0.29) is 0 Å². The highest BCUT2D eigenvalue weighted by atomic mass is 15.1. The number of benzene rings is 1. The molecular formula is C19H35N3. The van der Waals surface area contributed by atoms with Crippen molar-refractivity contribution in [1.82, 2.24) is 15.5 Å². The van der Waals surface area contributed by atoms with Crippen molar-refractivity contribution in [3.63, 3.8) is 0 Å². The first-order valence-electron chi connectivity index (χ1n) is 9.04. The molecule has 0 aromatic heterocycles. The van der Waals surface area contributed by atoms with Crippen LogP contribution in [-0.2, 0) is 6.54 Å². The topological polar surface area (TPSA) is 27.3 Å². The standard InChI is InChI=1S/C19H35N3/c1-3-5-12-20-14-16-22(17-15-21-13-6-4-2)18-19-10-8-7-9-11-19/h7-11,20-21H,3-6,12-18H2,1-2H3. The molecule has 3 nitrogen and oxygen atoms in total. The van der Waals surface area contributed by atoms with Gasteiger partial charge in [-0.05, 0) is 31.5 Å². The van der Waals surface area contributed by atoms with Gasteiger partial charge in [0.1, 0.15) is 0 Å². The van der Waals surface area contributed by atoms with E-state index in [1.54, 1.807) is 0 Å². The van der Waals surface area contributed by atoms with Crippen LogP contribution in [0, 0.1) is 0 Å². The zero-order valence-corrected chi connectivity index (χ0v) is 14.6. The lowest BCUT2D eigenvalue weighted by Crippen LogP contribution is -2.37. The van der Waals surface area contributed by atoms with Crippen LogP contribution in [0.25, 0.3) is 0 Å². The van der Waals surface area contributed by atoms with Gasteiger partial charge in [-0.15, -0.1) is 0 Å². The molecule has 0 fully saturated rings. The second-order valence-corrected chi connectivity index (χ2v) is 5.97. The van der Waals surface area contributed by atoms with E-state index in [9.17, 15) is 0 Å². The van der Waals surface area contributed by atoms with Crippen LogP contribution in [0.15, 0.2) is 30.3 Å². The molecule has 0 saturated heterocycles. The molecule has 3 heteroatoms. The van der Waals surface area contributed by atoms with Gasteiger partial charge in [-0.25, -0.2) is 0 Å². The fraction of sp³-hybridized carbons (Fsp3) is 0.684. The molecule has 0 unspecified atom stereocenters. The minimum Gasteiger partial charge on any atom is -0.315 e. The Hall–Kier alpha value is -0.900. The zero-order valence-electron chi connectivity index (χ0n) is 14.6. The van der Waals surface area contributed by atoms with E-state index >= 15 is 0 Å². The molecule has 0 heterocycles. The van der Waals surface area contributed by atoms with Gasteiger partial charge in [-0.2, -0.15) is 0 Å². The van der Waals surface area contributed by atoms with Gasteiger partial charge in [0.05, 0.1) is 0 Å². The van der Waals surface area contributed by atoms with Gasteiger partial charge in [-0.1, -0.05) is 57.0 Å². The number of unbranched alkanes of at least 4 members (excludes halogenated alkanes) is 2. The van der Waals surface area contributed by atoms with Crippen LogP contribution in [-0.4, -0.2) is 44.2 Å². The minimum absolute atomic E-state index is 1.05. The smallest absolute Gasteiger partial charge is 0.0234 e. The van der Waals surface area contributed by atoms with Gasteiger partial charge in [0, 0.05) is 32.7 Å². The highest BCUT2D eigenvalue weighted by molar-refractivity contribution is 5.14. The Morgan fingerprint density at radius 3 is 1.82 bits per heavy atom. The van der Waals surface area contributed by atoms with Crippen molar-refractivity contribution < 1.29 is 0 Å². The lowest BCUT2D eigenvalue weighted by Gasteiger charge is -2.23. The largest absolute Gasteiger partial charge is 0.315 e. The number of rotatable bonds is 14. The summed E-state index contributed by atoms with van der Waals surface area (Å²) >= 11 is 0. The van der Waals surface area contributed by atoms with Crippen molar-refractivity contribution >= 4 is 0 Å². The molecule has 0 saturated carbocycles. The van der Waals surface area contributed by atoms with Crippen molar-refractivity contribution in [2.24, 2.45) is 0 Å². The maximum atomic E-state index is 3.55. The fourth-order valence-corrected chi connectivity index (χ4v) is 2.44. The Morgan fingerprint density at radius 2 is 1.32 bits per heavy atom. The molecule has 0 aliphatic heterocycles. The van der Waals surface area contributed by atoms with Crippen LogP contribution in [0.5, 0.6) is 0 Å². The van der Waals surface area contributed by atoms with Crippen LogP contribution < -0.4 is 10.6 Å². The van der Waals surface area contributed by atoms with E-state index in [0.717, 1.165) is 45.8 Å². The second kappa shape index (κ2) is 13.7. The molecule has 0 aliphatic carbocycles. The Morgan fingerprint density at radius 1 is 0.773 bits per heavy atom. The number of hydrogen-bond acceptors (Lipinski definition) is 3. The quantitative estimate of drug-likeness (QED) is 0.517. The van der Waals surface area contributed by atoms with E-state index < -0.39 is 0 Å². The summed E-state index contributed by atoms with van der Waals surface area (Å²) in [5.74, 6) is 0. The lowest BCUT2D eigenvalue weighted by atomic mass is 10.2. The molecule has 1 aromatic rings. The predicted octanol–water partition coefficient (Wildman–Crippen LogP) is 3.27. The van der Waals surface area contributed by atoms with Crippen LogP contribution in [0.2, 0.25) is 0 Å². The average Bonchev–Trinajstić information content (AvgIpc) is 2.55. The summed E-state index contributed by atoms with van der Waals surface area (Å²) in [6, 6.07) is 10.8. The molecule has 2 N–H and O–H groups in total. The van der Waals surface area contributed by atoms with Crippen molar-refractivity contribution in [1.29, 1.82) is 0 Å². The Bertz CT molecular complexity index is 326. The van der Waals surface area contributed by atoms with Crippen molar-refractivity contribution in [3.8, 4) is 0 Å². The third kappa shape index (κ3) is 9.93. The molecule has 0 spiro atoms. The fourth-order valence-electron chi connectivity index (χ4n) is 2.44. The Kier molecular flexibility index (Phi) is 12.0. The minimum atomic E-state index is 1.05. The van der Waals surface area contributed by atoms with Crippen LogP contribution >= 0.6 is 0 Å². The summed E-state index contributed by atoms with van der Waals surface area (Å²) in [6.45, 7) is 12.2. The Labute approximate surface area is 137 Å². The zero-order chi connectivity index (χ0) is 15.9. The molecule has 0 bridgehead atoms. The highest BCUT2D eigenvalue weighted by Gasteiger charge is 2.05. The maximum Gasteiger partial charge on any atom is 0.0234 e. The first kappa shape index (κ1) is 19.1. The van der Waals surface area contributed by atoms with E-state index in [1.165, 1.54) is 31.2 Å². The van der Waals surface area contributed by atoms with Gasteiger partial charge in [-0.3, -0.25) is 4.90 Å². The van der Waals surface area contributed by atoms with Gasteiger partial charge < -0.3 is 10.6 Å². The van der Waals surface area contributed by atoms with Gasteiger partial charge in [0.2, 0.25) is 0 Å². The monoisotopic (exact) mass is 305 g/mol. The van der Waals surface area contributed by atoms with Crippen LogP contribution in [0.4, 0.5) is 0 Å². The summed E-state index contributed by atoms with van der Waals surface area (Å²) in [5.41, 5.74) is 1.41. The number of hydrogen-bond donors (Lipinski definition) is 2. The highest BCUT2D eigenvalue weighted by Crippen LogP contribution is 2.03. The normalized spacial score (nSPS) is 11.2. The molecule has 1 rings (SSSR count). The molecule has 1 aromatic carbocycles. The number of nitrogens with zero attached hydrogens (tertiary/aromatic N) is 1. The van der Waals surface area contributed by atoms with E-state index in [0.29, 0.717) is 0 Å². The second-order valence-electron chi connectivity index (χ2n) is 5.97. The van der Waals surface area contributed by atoms with E-state index in [2.05, 4.69) is 59.7 Å². The first-order chi connectivity index (χ1) is 10.9. The molecule has 126 valence electrons. The molecule has 0 radical (unpaired) electrons. The SMILES string of the molecule is CCCCNCCN(CCNCCCC)Cc1ccccc1. The van der Waals surface area contributed by atoms with E-state index in [4.69, 9.17) is 0 Å². The summed E-state index contributed by atoms with van der Waals surface area (Å²) in [5, 5.41) is 7.10. The molecule has 0 amide bonds. The molecule has 0 atom stereocenters.